The van der Waals surface area contributed by atoms with E-state index in [4.69, 9.17) is 5.11 Å². The van der Waals surface area contributed by atoms with Gasteiger partial charge in [-0.15, -0.1) is 0 Å². The summed E-state index contributed by atoms with van der Waals surface area (Å²) >= 11 is 0. The maximum absolute atomic E-state index is 13.2. The average Bonchev–Trinajstić information content (AvgIpc) is 2.20. The number of benzene rings is 1. The molecule has 15 heavy (non-hydrogen) atoms. The van der Waals surface area contributed by atoms with Gasteiger partial charge in [-0.2, -0.15) is 8.78 Å². The number of aryl methyl sites for hydroxylation is 1. The van der Waals surface area contributed by atoms with Gasteiger partial charge in [0.1, 0.15) is 6.10 Å². The summed E-state index contributed by atoms with van der Waals surface area (Å²) in [4.78, 5) is 0. The highest BCUT2D eigenvalue weighted by atomic mass is 19.3. The molecule has 0 bridgehead atoms. The van der Waals surface area contributed by atoms with E-state index in [2.05, 4.69) is 0 Å². The molecule has 1 aromatic rings. The van der Waals surface area contributed by atoms with Crippen molar-refractivity contribution in [2.45, 2.75) is 39.7 Å². The van der Waals surface area contributed by atoms with Crippen LogP contribution in [0.4, 0.5) is 8.78 Å². The number of hydrogen-bond donors (Lipinski definition) is 1. The normalized spacial score (nSPS) is 12.7. The highest BCUT2D eigenvalue weighted by Crippen LogP contribution is 2.31. The van der Waals surface area contributed by atoms with Crippen LogP contribution in [-0.2, 0) is 5.92 Å². The standard InChI is InChI=1S/C10H12F2O.C2H6/c1-7-4-3-5-9(6-7)10(11,12)8(2)13;1-2/h3-6,8,13H,1-2H3;1-2H3. The Kier molecular flexibility index (Phi) is 5.44. The minimum absolute atomic E-state index is 0.137. The van der Waals surface area contributed by atoms with Crippen molar-refractivity contribution in [1.29, 1.82) is 0 Å². The SMILES string of the molecule is CC.Cc1cccc(C(F)(F)C(C)O)c1. The van der Waals surface area contributed by atoms with Crippen LogP contribution in [0.5, 0.6) is 0 Å². The molecular formula is C12H18F2O. The topological polar surface area (TPSA) is 20.2 Å². The Balaban J connectivity index is 0.000000921. The molecule has 0 amide bonds. The van der Waals surface area contributed by atoms with Crippen LogP contribution in [0.1, 0.15) is 31.9 Å². The molecule has 1 unspecified atom stereocenters. The molecule has 1 nitrogen and oxygen atoms in total. The van der Waals surface area contributed by atoms with Gasteiger partial charge in [-0.25, -0.2) is 0 Å². The highest BCUT2D eigenvalue weighted by Gasteiger charge is 2.37. The molecule has 1 N–H and O–H groups in total. The number of aliphatic hydroxyl groups excluding tert-OH is 1. The Hall–Kier alpha value is -0.960. The minimum Gasteiger partial charge on any atom is -0.387 e. The van der Waals surface area contributed by atoms with Crippen LogP contribution in [-0.4, -0.2) is 11.2 Å². The first-order valence-corrected chi connectivity index (χ1v) is 5.07. The Morgan fingerprint density at radius 1 is 1.27 bits per heavy atom. The maximum Gasteiger partial charge on any atom is 0.298 e. The summed E-state index contributed by atoms with van der Waals surface area (Å²) in [5.74, 6) is -3.16. The summed E-state index contributed by atoms with van der Waals surface area (Å²) in [6.45, 7) is 6.82. The molecule has 0 aliphatic heterocycles. The minimum atomic E-state index is -3.16. The predicted molar refractivity (Wildman–Crippen MR) is 58.1 cm³/mol. The number of alkyl halides is 2. The van der Waals surface area contributed by atoms with Crippen LogP contribution in [0.2, 0.25) is 0 Å². The Morgan fingerprint density at radius 3 is 2.20 bits per heavy atom. The van der Waals surface area contributed by atoms with Gasteiger partial charge in [-0.05, 0) is 13.8 Å². The number of hydrogen-bond acceptors (Lipinski definition) is 1. The molecule has 1 aromatic carbocycles. The molecule has 3 heteroatoms. The molecule has 0 heterocycles. The fourth-order valence-electron chi connectivity index (χ4n) is 1.09. The predicted octanol–water partition coefficient (Wildman–Crippen LogP) is 3.49. The Labute approximate surface area is 89.8 Å². The van der Waals surface area contributed by atoms with E-state index in [1.165, 1.54) is 12.1 Å². The van der Waals surface area contributed by atoms with Crippen molar-refractivity contribution in [2.75, 3.05) is 0 Å². The van der Waals surface area contributed by atoms with Crippen molar-refractivity contribution < 1.29 is 13.9 Å². The number of aliphatic hydroxyl groups is 1. The van der Waals surface area contributed by atoms with Crippen LogP contribution in [0, 0.1) is 6.92 Å². The first-order valence-electron chi connectivity index (χ1n) is 5.07. The molecule has 0 aromatic heterocycles. The Morgan fingerprint density at radius 2 is 1.80 bits per heavy atom. The lowest BCUT2D eigenvalue weighted by atomic mass is 10.0. The lowest BCUT2D eigenvalue weighted by molar-refractivity contribution is -0.106. The zero-order valence-corrected chi connectivity index (χ0v) is 9.59. The van der Waals surface area contributed by atoms with Gasteiger partial charge in [-0.1, -0.05) is 43.7 Å². The van der Waals surface area contributed by atoms with Crippen LogP contribution in [0.3, 0.4) is 0 Å². The Bertz CT molecular complexity index is 295. The second-order valence-corrected chi connectivity index (χ2v) is 3.17. The maximum atomic E-state index is 13.2. The third-order valence-corrected chi connectivity index (χ3v) is 1.93. The smallest absolute Gasteiger partial charge is 0.298 e. The van der Waals surface area contributed by atoms with Crippen molar-refractivity contribution in [2.24, 2.45) is 0 Å². The summed E-state index contributed by atoms with van der Waals surface area (Å²) in [6.07, 6.45) is -1.66. The van der Waals surface area contributed by atoms with E-state index in [0.717, 1.165) is 12.5 Å². The van der Waals surface area contributed by atoms with E-state index < -0.39 is 12.0 Å². The van der Waals surface area contributed by atoms with Gasteiger partial charge in [-0.3, -0.25) is 0 Å². The molecule has 1 atom stereocenters. The molecular weight excluding hydrogens is 198 g/mol. The molecule has 0 fully saturated rings. The molecule has 0 radical (unpaired) electrons. The van der Waals surface area contributed by atoms with Crippen LogP contribution >= 0.6 is 0 Å². The fourth-order valence-corrected chi connectivity index (χ4v) is 1.09. The van der Waals surface area contributed by atoms with Gasteiger partial charge in [0.15, 0.2) is 0 Å². The van der Waals surface area contributed by atoms with E-state index in [1.807, 2.05) is 13.8 Å². The second-order valence-electron chi connectivity index (χ2n) is 3.17. The molecule has 0 saturated heterocycles. The lowest BCUT2D eigenvalue weighted by Crippen LogP contribution is -2.27. The molecule has 0 aliphatic carbocycles. The molecule has 0 saturated carbocycles. The van der Waals surface area contributed by atoms with Crippen molar-refractivity contribution >= 4 is 0 Å². The van der Waals surface area contributed by atoms with Crippen LogP contribution < -0.4 is 0 Å². The zero-order valence-electron chi connectivity index (χ0n) is 9.59. The van der Waals surface area contributed by atoms with Gasteiger partial charge in [0.05, 0.1) is 0 Å². The van der Waals surface area contributed by atoms with Gasteiger partial charge in [0.25, 0.3) is 5.92 Å². The molecule has 0 aliphatic rings. The quantitative estimate of drug-likeness (QED) is 0.802. The lowest BCUT2D eigenvalue weighted by Gasteiger charge is -2.19. The van der Waals surface area contributed by atoms with Crippen molar-refractivity contribution in [3.05, 3.63) is 35.4 Å². The number of rotatable bonds is 2. The third-order valence-electron chi connectivity index (χ3n) is 1.93. The van der Waals surface area contributed by atoms with Gasteiger partial charge < -0.3 is 5.11 Å². The van der Waals surface area contributed by atoms with Gasteiger partial charge >= 0.3 is 0 Å². The second kappa shape index (κ2) is 5.81. The van der Waals surface area contributed by atoms with E-state index in [0.29, 0.717) is 0 Å². The van der Waals surface area contributed by atoms with Crippen molar-refractivity contribution in [3.63, 3.8) is 0 Å². The van der Waals surface area contributed by atoms with E-state index in [1.54, 1.807) is 19.1 Å². The van der Waals surface area contributed by atoms with Crippen LogP contribution in [0.15, 0.2) is 24.3 Å². The molecule has 86 valence electrons. The first-order chi connectivity index (χ1) is 6.94. The monoisotopic (exact) mass is 216 g/mol. The molecule has 1 rings (SSSR count). The zero-order chi connectivity index (χ0) is 12.1. The third kappa shape index (κ3) is 3.59. The summed E-state index contributed by atoms with van der Waals surface area (Å²) in [5.41, 5.74) is 0.625. The summed E-state index contributed by atoms with van der Waals surface area (Å²) in [5, 5.41) is 8.87. The molecule has 0 spiro atoms. The van der Waals surface area contributed by atoms with Crippen LogP contribution in [0.25, 0.3) is 0 Å². The first kappa shape index (κ1) is 14.0. The largest absolute Gasteiger partial charge is 0.387 e. The summed E-state index contributed by atoms with van der Waals surface area (Å²) in [6, 6.07) is 6.00. The van der Waals surface area contributed by atoms with Crippen molar-refractivity contribution in [1.82, 2.24) is 0 Å². The average molecular weight is 216 g/mol. The summed E-state index contributed by atoms with van der Waals surface area (Å²) < 4.78 is 26.4. The van der Waals surface area contributed by atoms with Crippen molar-refractivity contribution in [3.8, 4) is 0 Å². The van der Waals surface area contributed by atoms with E-state index >= 15 is 0 Å². The highest BCUT2D eigenvalue weighted by molar-refractivity contribution is 5.26. The fraction of sp³-hybridized carbons (Fsp3) is 0.500. The van der Waals surface area contributed by atoms with Gasteiger partial charge in [0.2, 0.25) is 0 Å². The number of halogens is 2. The van der Waals surface area contributed by atoms with E-state index in [9.17, 15) is 8.78 Å². The summed E-state index contributed by atoms with van der Waals surface area (Å²) in [7, 11) is 0. The van der Waals surface area contributed by atoms with E-state index in [-0.39, 0.29) is 5.56 Å². The van der Waals surface area contributed by atoms with Gasteiger partial charge in [0, 0.05) is 5.56 Å².